The highest BCUT2D eigenvalue weighted by Gasteiger charge is 2.39. The van der Waals surface area contributed by atoms with Crippen LogP contribution in [-0.2, 0) is 4.79 Å². The first-order chi connectivity index (χ1) is 8.55. The molecule has 0 radical (unpaired) electrons. The van der Waals surface area contributed by atoms with E-state index in [0.29, 0.717) is 13.1 Å². The Morgan fingerprint density at radius 2 is 1.83 bits per heavy atom. The lowest BCUT2D eigenvalue weighted by Gasteiger charge is -2.35. The second-order valence-corrected chi connectivity index (χ2v) is 5.68. The summed E-state index contributed by atoms with van der Waals surface area (Å²) >= 11 is 0. The van der Waals surface area contributed by atoms with Gasteiger partial charge in [0.05, 0.1) is 5.41 Å². The third-order valence-corrected chi connectivity index (χ3v) is 4.03. The number of likely N-dealkylation sites (N-methyl/N-ethyl adjacent to an activating group) is 1. The topological polar surface area (TPSA) is 46.3 Å². The second-order valence-electron chi connectivity index (χ2n) is 5.68. The molecule has 18 heavy (non-hydrogen) atoms. The minimum atomic E-state index is -0.304. The smallest absolute Gasteiger partial charge is 0.230 e. The van der Waals surface area contributed by atoms with Gasteiger partial charge in [0, 0.05) is 19.6 Å². The van der Waals surface area contributed by atoms with Gasteiger partial charge < -0.3 is 10.6 Å². The highest BCUT2D eigenvalue weighted by molar-refractivity contribution is 5.83. The quantitative estimate of drug-likeness (QED) is 0.604. The van der Waals surface area contributed by atoms with E-state index >= 15 is 0 Å². The van der Waals surface area contributed by atoms with Gasteiger partial charge >= 0.3 is 0 Å². The number of rotatable bonds is 5. The monoisotopic (exact) mass is 252 g/mol. The number of amides is 1. The van der Waals surface area contributed by atoms with E-state index in [1.54, 1.807) is 0 Å². The third-order valence-electron chi connectivity index (χ3n) is 4.03. The molecule has 0 spiro atoms. The van der Waals surface area contributed by atoms with Gasteiger partial charge in [0.1, 0.15) is 0 Å². The van der Waals surface area contributed by atoms with Gasteiger partial charge in [-0.15, -0.1) is 0 Å². The van der Waals surface area contributed by atoms with Crippen molar-refractivity contribution in [3.05, 3.63) is 12.2 Å². The molecule has 0 unspecified atom stereocenters. The first-order valence-corrected chi connectivity index (χ1v) is 7.19. The molecule has 1 amide bonds. The first kappa shape index (κ1) is 15.2. The molecular weight excluding hydrogens is 224 g/mol. The van der Waals surface area contributed by atoms with Crippen molar-refractivity contribution in [3.8, 4) is 0 Å². The fourth-order valence-electron chi connectivity index (χ4n) is 2.90. The summed E-state index contributed by atoms with van der Waals surface area (Å²) in [7, 11) is 0. The van der Waals surface area contributed by atoms with Crippen LogP contribution in [0.3, 0.4) is 0 Å². The molecule has 3 heteroatoms. The molecule has 0 aromatic rings. The molecule has 1 rings (SSSR count). The predicted octanol–water partition coefficient (Wildman–Crippen LogP) is 2.71. The Balaban J connectivity index is 2.83. The van der Waals surface area contributed by atoms with Gasteiger partial charge in [0.25, 0.3) is 0 Å². The zero-order valence-electron chi connectivity index (χ0n) is 12.0. The molecular formula is C15H28N2O. The molecule has 3 nitrogen and oxygen atoms in total. The maximum atomic E-state index is 12.8. The Bertz CT molecular complexity index is 291. The maximum Gasteiger partial charge on any atom is 0.230 e. The van der Waals surface area contributed by atoms with E-state index in [4.69, 9.17) is 5.73 Å². The van der Waals surface area contributed by atoms with Crippen LogP contribution in [-0.4, -0.2) is 30.4 Å². The van der Waals surface area contributed by atoms with Crippen molar-refractivity contribution in [3.63, 3.8) is 0 Å². The van der Waals surface area contributed by atoms with Crippen LogP contribution >= 0.6 is 0 Å². The summed E-state index contributed by atoms with van der Waals surface area (Å²) in [5, 5.41) is 0. The van der Waals surface area contributed by atoms with E-state index in [9.17, 15) is 4.79 Å². The summed E-state index contributed by atoms with van der Waals surface area (Å²) in [4.78, 5) is 14.7. The summed E-state index contributed by atoms with van der Waals surface area (Å²) in [6.45, 7) is 9.80. The van der Waals surface area contributed by atoms with Gasteiger partial charge in [-0.2, -0.15) is 0 Å². The highest BCUT2D eigenvalue weighted by atomic mass is 16.2. The molecule has 1 saturated carbocycles. The van der Waals surface area contributed by atoms with E-state index in [2.05, 4.69) is 6.58 Å². The Labute approximate surface area is 111 Å². The Kier molecular flexibility index (Phi) is 5.86. The van der Waals surface area contributed by atoms with Crippen LogP contribution in [0, 0.1) is 5.41 Å². The molecule has 0 aliphatic heterocycles. The average Bonchev–Trinajstić information content (AvgIpc) is 2.61. The SMILES string of the molecule is C=C(C)CN(CC)C(=O)C1(CN)CCCCCC1. The minimum absolute atomic E-state index is 0.248. The lowest BCUT2D eigenvalue weighted by Crippen LogP contribution is -2.48. The van der Waals surface area contributed by atoms with Crippen molar-refractivity contribution < 1.29 is 4.79 Å². The van der Waals surface area contributed by atoms with Crippen LogP contribution in [0.5, 0.6) is 0 Å². The standard InChI is InChI=1S/C15H28N2O/c1-4-17(11-13(2)3)14(18)15(12-16)9-7-5-6-8-10-15/h2,4-12,16H2,1,3H3. The molecule has 1 fully saturated rings. The summed E-state index contributed by atoms with van der Waals surface area (Å²) < 4.78 is 0. The number of hydrogen-bond donors (Lipinski definition) is 1. The van der Waals surface area contributed by atoms with Crippen LogP contribution in [0.2, 0.25) is 0 Å². The molecule has 0 aromatic carbocycles. The molecule has 1 aliphatic rings. The number of nitrogens with two attached hydrogens (primary N) is 1. The van der Waals surface area contributed by atoms with E-state index < -0.39 is 0 Å². The zero-order chi connectivity index (χ0) is 13.6. The molecule has 2 N–H and O–H groups in total. The maximum absolute atomic E-state index is 12.8. The normalized spacial score (nSPS) is 19.1. The van der Waals surface area contributed by atoms with Crippen LogP contribution < -0.4 is 5.73 Å². The number of carbonyl (C=O) groups is 1. The van der Waals surface area contributed by atoms with Gasteiger partial charge in [-0.05, 0) is 26.7 Å². The van der Waals surface area contributed by atoms with E-state index in [1.807, 2.05) is 18.7 Å². The van der Waals surface area contributed by atoms with Gasteiger partial charge in [0.2, 0.25) is 5.91 Å². The second kappa shape index (κ2) is 6.93. The van der Waals surface area contributed by atoms with Crippen molar-refractivity contribution in [2.24, 2.45) is 11.1 Å². The first-order valence-electron chi connectivity index (χ1n) is 7.19. The zero-order valence-corrected chi connectivity index (χ0v) is 12.0. The number of carbonyl (C=O) groups excluding carboxylic acids is 1. The molecule has 0 heterocycles. The molecule has 0 saturated heterocycles. The van der Waals surface area contributed by atoms with Gasteiger partial charge in [-0.3, -0.25) is 4.79 Å². The predicted molar refractivity (Wildman–Crippen MR) is 76.3 cm³/mol. The van der Waals surface area contributed by atoms with Crippen molar-refractivity contribution in [2.45, 2.75) is 52.4 Å². The van der Waals surface area contributed by atoms with Gasteiger partial charge in [-0.1, -0.05) is 37.8 Å². The van der Waals surface area contributed by atoms with Gasteiger partial charge in [0.15, 0.2) is 0 Å². The summed E-state index contributed by atoms with van der Waals surface area (Å²) in [6.07, 6.45) is 6.65. The van der Waals surface area contributed by atoms with Crippen molar-refractivity contribution in [1.29, 1.82) is 0 Å². The lowest BCUT2D eigenvalue weighted by molar-refractivity contribution is -0.142. The Morgan fingerprint density at radius 3 is 2.22 bits per heavy atom. The fraction of sp³-hybridized carbons (Fsp3) is 0.800. The molecule has 0 bridgehead atoms. The summed E-state index contributed by atoms with van der Waals surface area (Å²) in [6, 6.07) is 0. The lowest BCUT2D eigenvalue weighted by atomic mass is 9.79. The van der Waals surface area contributed by atoms with E-state index in [1.165, 1.54) is 12.8 Å². The van der Waals surface area contributed by atoms with E-state index in [-0.39, 0.29) is 11.3 Å². The minimum Gasteiger partial charge on any atom is -0.338 e. The number of nitrogens with zero attached hydrogens (tertiary/aromatic N) is 1. The van der Waals surface area contributed by atoms with Crippen molar-refractivity contribution in [2.75, 3.05) is 19.6 Å². The van der Waals surface area contributed by atoms with Crippen molar-refractivity contribution in [1.82, 2.24) is 4.90 Å². The number of hydrogen-bond acceptors (Lipinski definition) is 2. The molecule has 104 valence electrons. The van der Waals surface area contributed by atoms with Crippen molar-refractivity contribution >= 4 is 5.91 Å². The Hall–Kier alpha value is -0.830. The Morgan fingerprint density at radius 1 is 1.28 bits per heavy atom. The highest BCUT2D eigenvalue weighted by Crippen LogP contribution is 2.36. The summed E-state index contributed by atoms with van der Waals surface area (Å²) in [5.74, 6) is 0.248. The van der Waals surface area contributed by atoms with Crippen LogP contribution in [0.4, 0.5) is 0 Å². The van der Waals surface area contributed by atoms with Crippen LogP contribution in [0.1, 0.15) is 52.4 Å². The van der Waals surface area contributed by atoms with Gasteiger partial charge in [-0.25, -0.2) is 0 Å². The summed E-state index contributed by atoms with van der Waals surface area (Å²) in [5.41, 5.74) is 6.69. The molecule has 0 aromatic heterocycles. The molecule has 1 aliphatic carbocycles. The largest absolute Gasteiger partial charge is 0.338 e. The van der Waals surface area contributed by atoms with Crippen LogP contribution in [0.15, 0.2) is 12.2 Å². The average molecular weight is 252 g/mol. The third kappa shape index (κ3) is 3.58. The fourth-order valence-corrected chi connectivity index (χ4v) is 2.90. The molecule has 0 atom stereocenters. The van der Waals surface area contributed by atoms with E-state index in [0.717, 1.165) is 37.8 Å². The van der Waals surface area contributed by atoms with Crippen LogP contribution in [0.25, 0.3) is 0 Å².